The fourth-order valence-electron chi connectivity index (χ4n) is 8.38. The van der Waals surface area contributed by atoms with Gasteiger partial charge in [0.25, 0.3) is 0 Å². The van der Waals surface area contributed by atoms with Crippen molar-refractivity contribution in [2.24, 2.45) is 39.5 Å². The average molecular weight is 405 g/mol. The van der Waals surface area contributed by atoms with Crippen LogP contribution in [0.15, 0.2) is 4.99 Å². The van der Waals surface area contributed by atoms with E-state index < -0.39 is 5.60 Å². The molecule has 0 saturated heterocycles. The Morgan fingerprint density at radius 1 is 1.07 bits per heavy atom. The normalized spacial score (nSPS) is 51.4. The Morgan fingerprint density at radius 3 is 2.72 bits per heavy atom. The minimum atomic E-state index is -0.532. The van der Waals surface area contributed by atoms with E-state index in [9.17, 15) is 10.2 Å². The van der Waals surface area contributed by atoms with E-state index in [1.807, 2.05) is 0 Å². The van der Waals surface area contributed by atoms with Gasteiger partial charge < -0.3 is 15.5 Å². The first-order valence-corrected chi connectivity index (χ1v) is 12.0. The SMILES string of the molecule is C[C@]12CC[C@H](O)C[C@H]1CC[C@@H]1[C@@H]2CC[C@]2(C)[C@@H](CNNC3=NCCN3)CC[C@]12O. The molecule has 0 aromatic heterocycles. The first kappa shape index (κ1) is 20.1. The van der Waals surface area contributed by atoms with E-state index in [0.717, 1.165) is 70.5 Å². The van der Waals surface area contributed by atoms with Gasteiger partial charge in [-0.3, -0.25) is 10.4 Å². The molecule has 8 atom stereocenters. The Balaban J connectivity index is 1.31. The second-order valence-corrected chi connectivity index (χ2v) is 11.2. The lowest BCUT2D eigenvalue weighted by Crippen LogP contribution is -2.63. The van der Waals surface area contributed by atoms with Crippen molar-refractivity contribution in [1.29, 1.82) is 0 Å². The van der Waals surface area contributed by atoms with Crippen LogP contribution >= 0.6 is 0 Å². The first-order chi connectivity index (χ1) is 13.9. The van der Waals surface area contributed by atoms with Crippen LogP contribution in [-0.4, -0.2) is 47.5 Å². The van der Waals surface area contributed by atoms with Gasteiger partial charge in [0.1, 0.15) is 0 Å². The second kappa shape index (κ2) is 7.10. The zero-order chi connectivity index (χ0) is 20.3. The quantitative estimate of drug-likeness (QED) is 0.465. The molecule has 0 amide bonds. The maximum absolute atomic E-state index is 12.2. The van der Waals surface area contributed by atoms with Gasteiger partial charge in [0, 0.05) is 18.5 Å². The van der Waals surface area contributed by atoms with Crippen molar-refractivity contribution in [3.63, 3.8) is 0 Å². The Morgan fingerprint density at radius 2 is 1.93 bits per heavy atom. The molecular weight excluding hydrogens is 364 g/mol. The molecule has 5 rings (SSSR count). The van der Waals surface area contributed by atoms with Gasteiger partial charge >= 0.3 is 0 Å². The van der Waals surface area contributed by atoms with Crippen molar-refractivity contribution in [2.45, 2.75) is 83.3 Å². The molecule has 0 bridgehead atoms. The topological polar surface area (TPSA) is 88.9 Å². The predicted molar refractivity (Wildman–Crippen MR) is 114 cm³/mol. The van der Waals surface area contributed by atoms with Gasteiger partial charge in [-0.2, -0.15) is 0 Å². The summed E-state index contributed by atoms with van der Waals surface area (Å²) in [4.78, 5) is 4.38. The lowest BCUT2D eigenvalue weighted by atomic mass is 9.43. The van der Waals surface area contributed by atoms with Crippen molar-refractivity contribution in [3.8, 4) is 0 Å². The molecule has 164 valence electrons. The largest absolute Gasteiger partial charge is 0.393 e. The summed E-state index contributed by atoms with van der Waals surface area (Å²) >= 11 is 0. The van der Waals surface area contributed by atoms with Crippen LogP contribution in [0.5, 0.6) is 0 Å². The predicted octanol–water partition coefficient (Wildman–Crippen LogP) is 2.17. The highest BCUT2D eigenvalue weighted by atomic mass is 16.3. The third kappa shape index (κ3) is 2.96. The molecule has 0 aromatic rings. The van der Waals surface area contributed by atoms with E-state index >= 15 is 0 Å². The van der Waals surface area contributed by atoms with Crippen LogP contribution in [0.4, 0.5) is 0 Å². The molecule has 5 N–H and O–H groups in total. The van der Waals surface area contributed by atoms with Crippen molar-refractivity contribution < 1.29 is 10.2 Å². The smallest absolute Gasteiger partial charge is 0.206 e. The lowest BCUT2D eigenvalue weighted by molar-refractivity contribution is -0.209. The number of hydrazine groups is 1. The van der Waals surface area contributed by atoms with Crippen molar-refractivity contribution >= 4 is 5.96 Å². The molecule has 1 aliphatic heterocycles. The van der Waals surface area contributed by atoms with Gasteiger partial charge in [-0.1, -0.05) is 13.8 Å². The monoisotopic (exact) mass is 404 g/mol. The summed E-state index contributed by atoms with van der Waals surface area (Å²) in [5, 5.41) is 25.6. The van der Waals surface area contributed by atoms with Crippen LogP contribution in [0.25, 0.3) is 0 Å². The molecule has 4 fully saturated rings. The fraction of sp³-hybridized carbons (Fsp3) is 0.957. The number of aliphatic imine (C=N–C) groups is 1. The summed E-state index contributed by atoms with van der Waals surface area (Å²) in [6.45, 7) is 7.48. The third-order valence-corrected chi connectivity index (χ3v) is 10.2. The van der Waals surface area contributed by atoms with E-state index in [2.05, 4.69) is 35.0 Å². The summed E-state index contributed by atoms with van der Waals surface area (Å²) in [5.74, 6) is 3.02. The van der Waals surface area contributed by atoms with Crippen molar-refractivity contribution in [3.05, 3.63) is 0 Å². The second-order valence-electron chi connectivity index (χ2n) is 11.2. The molecule has 6 heteroatoms. The zero-order valence-electron chi connectivity index (χ0n) is 18.2. The molecule has 0 radical (unpaired) electrons. The van der Waals surface area contributed by atoms with E-state index in [1.165, 1.54) is 12.8 Å². The van der Waals surface area contributed by atoms with E-state index in [-0.39, 0.29) is 11.5 Å². The van der Waals surface area contributed by atoms with Crippen LogP contribution in [-0.2, 0) is 0 Å². The molecule has 29 heavy (non-hydrogen) atoms. The Hall–Kier alpha value is -0.850. The number of nitrogens with one attached hydrogen (secondary N) is 3. The van der Waals surface area contributed by atoms with E-state index in [4.69, 9.17) is 0 Å². The number of nitrogens with zero attached hydrogens (tertiary/aromatic N) is 1. The molecule has 4 saturated carbocycles. The number of aliphatic hydroxyl groups is 2. The van der Waals surface area contributed by atoms with Crippen LogP contribution in [0.3, 0.4) is 0 Å². The van der Waals surface area contributed by atoms with Gasteiger partial charge in [-0.05, 0) is 86.9 Å². The minimum absolute atomic E-state index is 0.00879. The fourth-order valence-corrected chi connectivity index (χ4v) is 8.38. The highest BCUT2D eigenvalue weighted by Gasteiger charge is 2.66. The van der Waals surface area contributed by atoms with Crippen LogP contribution in [0.2, 0.25) is 0 Å². The number of rotatable bonds is 3. The van der Waals surface area contributed by atoms with E-state index in [1.54, 1.807) is 0 Å². The molecule has 5 aliphatic rings. The number of hydrogen-bond acceptors (Lipinski definition) is 6. The molecule has 6 nitrogen and oxygen atoms in total. The maximum atomic E-state index is 12.2. The average Bonchev–Trinajstić information content (AvgIpc) is 3.30. The summed E-state index contributed by atoms with van der Waals surface area (Å²) in [5.41, 5.74) is 6.38. The minimum Gasteiger partial charge on any atom is -0.393 e. The van der Waals surface area contributed by atoms with Gasteiger partial charge in [0.05, 0.1) is 18.2 Å². The first-order valence-electron chi connectivity index (χ1n) is 12.0. The summed E-state index contributed by atoms with van der Waals surface area (Å²) < 4.78 is 0. The number of fused-ring (bicyclic) bond motifs is 5. The summed E-state index contributed by atoms with van der Waals surface area (Å²) in [6.07, 6.45) is 9.70. The van der Waals surface area contributed by atoms with Gasteiger partial charge in [-0.25, -0.2) is 5.43 Å². The van der Waals surface area contributed by atoms with Crippen LogP contribution in [0.1, 0.15) is 71.6 Å². The van der Waals surface area contributed by atoms with E-state index in [0.29, 0.717) is 29.1 Å². The van der Waals surface area contributed by atoms with Crippen molar-refractivity contribution in [1.82, 2.24) is 16.2 Å². The van der Waals surface area contributed by atoms with Gasteiger partial charge in [-0.15, -0.1) is 0 Å². The molecule has 0 unspecified atom stereocenters. The Labute approximate surface area is 175 Å². The third-order valence-electron chi connectivity index (χ3n) is 10.2. The summed E-state index contributed by atoms with van der Waals surface area (Å²) in [7, 11) is 0. The standard InChI is InChI=1S/C23H40N4O2/c1-21-8-6-17(28)13-15(21)3-4-19-18(21)7-9-22(2)16(5-10-23(19,22)29)14-26-27-20-24-11-12-25-20/h15-19,26,28-29H,3-14H2,1-2H3,(H2,24,25,27)/t15-,16-,17+,18+,19-,21+,22-,23+/m1/s1. The molecule has 1 heterocycles. The Kier molecular flexibility index (Phi) is 4.91. The number of guanidine groups is 1. The number of aliphatic hydroxyl groups excluding tert-OH is 1. The maximum Gasteiger partial charge on any atom is 0.206 e. The number of hydrogen-bond donors (Lipinski definition) is 5. The van der Waals surface area contributed by atoms with Crippen LogP contribution < -0.4 is 16.2 Å². The lowest BCUT2D eigenvalue weighted by Gasteiger charge is -2.63. The van der Waals surface area contributed by atoms with Crippen LogP contribution in [0, 0.1) is 34.5 Å². The van der Waals surface area contributed by atoms with Gasteiger partial charge in [0.2, 0.25) is 5.96 Å². The highest BCUT2D eigenvalue weighted by Crippen LogP contribution is 2.68. The molecule has 4 aliphatic carbocycles. The zero-order valence-corrected chi connectivity index (χ0v) is 18.2. The summed E-state index contributed by atoms with van der Waals surface area (Å²) in [6, 6.07) is 0. The van der Waals surface area contributed by atoms with Crippen molar-refractivity contribution in [2.75, 3.05) is 19.6 Å². The molecular formula is C23H40N4O2. The molecule has 0 spiro atoms. The Bertz CT molecular complexity index is 671. The van der Waals surface area contributed by atoms with Gasteiger partial charge in [0.15, 0.2) is 0 Å². The highest BCUT2D eigenvalue weighted by molar-refractivity contribution is 5.80. The molecule has 0 aromatic carbocycles.